The molecule has 7 heteroatoms. The van der Waals surface area contributed by atoms with Gasteiger partial charge in [0.1, 0.15) is 5.75 Å². The van der Waals surface area contributed by atoms with Crippen molar-refractivity contribution in [3.8, 4) is 5.75 Å². The van der Waals surface area contributed by atoms with E-state index in [-0.39, 0.29) is 35.0 Å². The van der Waals surface area contributed by atoms with Crippen molar-refractivity contribution in [2.24, 2.45) is 0 Å². The number of urea groups is 1. The maximum Gasteiger partial charge on any atom is 0.324 e. The molecular formula is C19H18ClN3O3. The number of hydrogen-bond acceptors (Lipinski definition) is 3. The highest BCUT2D eigenvalue weighted by molar-refractivity contribution is 6.33. The van der Waals surface area contributed by atoms with Crippen LogP contribution >= 0.6 is 11.6 Å². The first-order valence-electron chi connectivity index (χ1n) is 8.39. The summed E-state index contributed by atoms with van der Waals surface area (Å²) in [5.74, 6) is -0.368. The SMILES string of the molecule is CN1CCN(c2ccc3c(c2)NC(=O)CC3c2cccc(O)c2Cl)C1=O. The second kappa shape index (κ2) is 6.21. The second-order valence-corrected chi connectivity index (χ2v) is 6.99. The van der Waals surface area contributed by atoms with Gasteiger partial charge in [0.15, 0.2) is 0 Å². The third-order valence-corrected chi connectivity index (χ3v) is 5.40. The molecule has 4 rings (SSSR count). The molecule has 3 amide bonds. The van der Waals surface area contributed by atoms with Crippen molar-refractivity contribution in [3.63, 3.8) is 0 Å². The van der Waals surface area contributed by atoms with Gasteiger partial charge in [0.25, 0.3) is 0 Å². The summed E-state index contributed by atoms with van der Waals surface area (Å²) in [4.78, 5) is 27.8. The van der Waals surface area contributed by atoms with Crippen LogP contribution in [0.15, 0.2) is 36.4 Å². The quantitative estimate of drug-likeness (QED) is 0.849. The molecule has 134 valence electrons. The first-order valence-corrected chi connectivity index (χ1v) is 8.77. The number of fused-ring (bicyclic) bond motifs is 1. The molecule has 2 aromatic rings. The van der Waals surface area contributed by atoms with Crippen LogP contribution in [0.25, 0.3) is 0 Å². The van der Waals surface area contributed by atoms with Crippen molar-refractivity contribution in [1.29, 1.82) is 0 Å². The Morgan fingerprint density at radius 3 is 2.69 bits per heavy atom. The summed E-state index contributed by atoms with van der Waals surface area (Å²) in [6.45, 7) is 1.29. The molecule has 1 saturated heterocycles. The minimum absolute atomic E-state index is 0.000908. The van der Waals surface area contributed by atoms with Crippen LogP contribution in [0, 0.1) is 0 Å². The lowest BCUT2D eigenvalue weighted by molar-refractivity contribution is -0.116. The minimum Gasteiger partial charge on any atom is -0.506 e. The van der Waals surface area contributed by atoms with Crippen molar-refractivity contribution >= 4 is 34.9 Å². The Morgan fingerprint density at radius 2 is 1.96 bits per heavy atom. The van der Waals surface area contributed by atoms with Crippen molar-refractivity contribution < 1.29 is 14.7 Å². The second-order valence-electron chi connectivity index (χ2n) is 6.61. The number of anilines is 2. The summed E-state index contributed by atoms with van der Waals surface area (Å²) in [5.41, 5.74) is 3.06. The van der Waals surface area contributed by atoms with Gasteiger partial charge in [-0.25, -0.2) is 4.79 Å². The van der Waals surface area contributed by atoms with Gasteiger partial charge in [-0.1, -0.05) is 29.8 Å². The smallest absolute Gasteiger partial charge is 0.324 e. The Hall–Kier alpha value is -2.73. The Labute approximate surface area is 156 Å². The predicted octanol–water partition coefficient (Wildman–Crippen LogP) is 3.39. The molecule has 26 heavy (non-hydrogen) atoms. The average molecular weight is 372 g/mol. The molecule has 2 aromatic carbocycles. The third-order valence-electron chi connectivity index (χ3n) is 4.99. The Kier molecular flexibility index (Phi) is 4.00. The van der Waals surface area contributed by atoms with Crippen molar-refractivity contribution in [3.05, 3.63) is 52.5 Å². The lowest BCUT2D eigenvalue weighted by atomic mass is 9.84. The molecule has 0 spiro atoms. The molecule has 0 radical (unpaired) electrons. The highest BCUT2D eigenvalue weighted by Gasteiger charge is 2.31. The van der Waals surface area contributed by atoms with E-state index in [0.29, 0.717) is 24.3 Å². The number of phenols is 1. The average Bonchev–Trinajstić information content (AvgIpc) is 2.95. The fourth-order valence-electron chi connectivity index (χ4n) is 3.59. The number of hydrogen-bond donors (Lipinski definition) is 2. The first kappa shape index (κ1) is 16.7. The van der Waals surface area contributed by atoms with Crippen LogP contribution in [0.2, 0.25) is 5.02 Å². The number of benzene rings is 2. The summed E-state index contributed by atoms with van der Waals surface area (Å²) in [6, 6.07) is 10.6. The summed E-state index contributed by atoms with van der Waals surface area (Å²) in [5, 5.41) is 13.1. The monoisotopic (exact) mass is 371 g/mol. The summed E-state index contributed by atoms with van der Waals surface area (Å²) in [6.07, 6.45) is 0.251. The Morgan fingerprint density at radius 1 is 1.15 bits per heavy atom. The molecule has 0 saturated carbocycles. The first-order chi connectivity index (χ1) is 12.5. The van der Waals surface area contributed by atoms with Gasteiger partial charge in [0, 0.05) is 43.9 Å². The Balaban J connectivity index is 1.76. The maximum absolute atomic E-state index is 12.2. The van der Waals surface area contributed by atoms with E-state index in [1.54, 1.807) is 22.9 Å². The van der Waals surface area contributed by atoms with Gasteiger partial charge in [0.2, 0.25) is 5.91 Å². The summed E-state index contributed by atoms with van der Waals surface area (Å²) < 4.78 is 0. The Bertz CT molecular complexity index is 915. The van der Waals surface area contributed by atoms with Crippen LogP contribution in [0.5, 0.6) is 5.75 Å². The normalized spacial score (nSPS) is 19.5. The molecule has 2 N–H and O–H groups in total. The largest absolute Gasteiger partial charge is 0.506 e. The van der Waals surface area contributed by atoms with E-state index in [1.807, 2.05) is 24.3 Å². The van der Waals surface area contributed by atoms with E-state index in [1.165, 1.54) is 6.07 Å². The van der Waals surface area contributed by atoms with E-state index in [4.69, 9.17) is 11.6 Å². The van der Waals surface area contributed by atoms with E-state index >= 15 is 0 Å². The van der Waals surface area contributed by atoms with Gasteiger partial charge in [0.05, 0.1) is 5.02 Å². The molecule has 0 aromatic heterocycles. The van der Waals surface area contributed by atoms with Gasteiger partial charge in [-0.3, -0.25) is 9.69 Å². The predicted molar refractivity (Wildman–Crippen MR) is 100 cm³/mol. The van der Waals surface area contributed by atoms with Crippen LogP contribution in [-0.4, -0.2) is 42.1 Å². The molecular weight excluding hydrogens is 354 g/mol. The lowest BCUT2D eigenvalue weighted by Crippen LogP contribution is -2.30. The molecule has 1 atom stereocenters. The number of aromatic hydroxyl groups is 1. The van der Waals surface area contributed by atoms with Crippen LogP contribution in [0.1, 0.15) is 23.5 Å². The molecule has 1 unspecified atom stereocenters. The topological polar surface area (TPSA) is 72.9 Å². The number of phenolic OH excluding ortho intramolecular Hbond substituents is 1. The molecule has 2 heterocycles. The highest BCUT2D eigenvalue weighted by Crippen LogP contribution is 2.43. The number of rotatable bonds is 2. The number of carbonyl (C=O) groups is 2. The van der Waals surface area contributed by atoms with Gasteiger partial charge < -0.3 is 15.3 Å². The molecule has 6 nitrogen and oxygen atoms in total. The lowest BCUT2D eigenvalue weighted by Gasteiger charge is -2.28. The van der Waals surface area contributed by atoms with Crippen LogP contribution in [0.3, 0.4) is 0 Å². The van der Waals surface area contributed by atoms with Crippen LogP contribution < -0.4 is 10.2 Å². The van der Waals surface area contributed by atoms with Gasteiger partial charge in [-0.05, 0) is 29.3 Å². The zero-order valence-electron chi connectivity index (χ0n) is 14.2. The number of likely N-dealkylation sites (N-methyl/N-ethyl adjacent to an activating group) is 1. The van der Waals surface area contributed by atoms with E-state index in [9.17, 15) is 14.7 Å². The fourth-order valence-corrected chi connectivity index (χ4v) is 3.85. The molecule has 0 bridgehead atoms. The number of nitrogens with zero attached hydrogens (tertiary/aromatic N) is 2. The highest BCUT2D eigenvalue weighted by atomic mass is 35.5. The minimum atomic E-state index is -0.246. The summed E-state index contributed by atoms with van der Waals surface area (Å²) in [7, 11) is 1.77. The van der Waals surface area contributed by atoms with E-state index in [2.05, 4.69) is 5.32 Å². The maximum atomic E-state index is 12.2. The van der Waals surface area contributed by atoms with Crippen molar-refractivity contribution in [1.82, 2.24) is 4.90 Å². The number of halogens is 1. The summed E-state index contributed by atoms with van der Waals surface area (Å²) >= 11 is 6.27. The molecule has 2 aliphatic rings. The van der Waals surface area contributed by atoms with Gasteiger partial charge >= 0.3 is 6.03 Å². The van der Waals surface area contributed by atoms with E-state index in [0.717, 1.165) is 11.3 Å². The van der Waals surface area contributed by atoms with Crippen LogP contribution in [-0.2, 0) is 4.79 Å². The standard InChI is InChI=1S/C19H18ClN3O3/c1-22-7-8-23(19(22)26)11-5-6-12-14(10-17(25)21-15(12)9-11)13-3-2-4-16(24)18(13)20/h2-6,9,14,24H,7-8,10H2,1H3,(H,21,25). The fraction of sp³-hybridized carbons (Fsp3) is 0.263. The van der Waals surface area contributed by atoms with Crippen molar-refractivity contribution in [2.45, 2.75) is 12.3 Å². The number of amides is 3. The van der Waals surface area contributed by atoms with E-state index < -0.39 is 0 Å². The van der Waals surface area contributed by atoms with Crippen LogP contribution in [0.4, 0.5) is 16.2 Å². The molecule has 1 fully saturated rings. The van der Waals surface area contributed by atoms with Gasteiger partial charge in [-0.2, -0.15) is 0 Å². The molecule has 0 aliphatic carbocycles. The number of carbonyl (C=O) groups excluding carboxylic acids is 2. The molecule has 2 aliphatic heterocycles. The number of nitrogens with one attached hydrogen (secondary N) is 1. The van der Waals surface area contributed by atoms with Crippen molar-refractivity contribution in [2.75, 3.05) is 30.4 Å². The van der Waals surface area contributed by atoms with Gasteiger partial charge in [-0.15, -0.1) is 0 Å². The zero-order valence-corrected chi connectivity index (χ0v) is 15.0. The third kappa shape index (κ3) is 2.66. The zero-order chi connectivity index (χ0) is 18.4.